The summed E-state index contributed by atoms with van der Waals surface area (Å²) in [6.07, 6.45) is -22.8. The number of aliphatic carboxylic acids is 1. The largest absolute Gasteiger partial charge is 0.481 e. The minimum atomic E-state index is -2.00. The third-order valence-electron chi connectivity index (χ3n) is 21.2. The zero-order valence-electron chi connectivity index (χ0n) is 44.2. The summed E-state index contributed by atoms with van der Waals surface area (Å²) in [6.45, 7) is 12.6. The van der Waals surface area contributed by atoms with Crippen molar-refractivity contribution in [3.05, 3.63) is 11.6 Å². The van der Waals surface area contributed by atoms with Crippen molar-refractivity contribution in [3.8, 4) is 0 Å². The fourth-order valence-corrected chi connectivity index (χ4v) is 16.3. The van der Waals surface area contributed by atoms with Crippen molar-refractivity contribution in [2.45, 2.75) is 235 Å². The van der Waals surface area contributed by atoms with E-state index < -0.39 is 159 Å². The summed E-state index contributed by atoms with van der Waals surface area (Å²) in [5.74, 6) is -0.541. The third kappa shape index (κ3) is 9.40. The van der Waals surface area contributed by atoms with Crippen molar-refractivity contribution in [3.63, 3.8) is 0 Å². The van der Waals surface area contributed by atoms with Crippen LogP contribution >= 0.6 is 0 Å². The molecule has 9 aliphatic rings. The van der Waals surface area contributed by atoms with Crippen LogP contribution in [0.3, 0.4) is 0 Å². The van der Waals surface area contributed by atoms with Gasteiger partial charge in [0.05, 0.1) is 44.1 Å². The molecule has 22 heteroatoms. The highest BCUT2D eigenvalue weighted by atomic mass is 16.8. The number of rotatable bonds is 12. The number of carbonyl (C=O) groups is 1. The van der Waals surface area contributed by atoms with Crippen LogP contribution < -0.4 is 0 Å². The molecule has 0 amide bonds. The summed E-state index contributed by atoms with van der Waals surface area (Å²) in [5.41, 5.74) is -0.885. The van der Waals surface area contributed by atoms with Crippen LogP contribution in [0, 0.1) is 50.2 Å². The number of aliphatic hydroxyl groups is 12. The molecule has 5 aliphatic carbocycles. The Morgan fingerprint density at radius 2 is 1.23 bits per heavy atom. The van der Waals surface area contributed by atoms with Crippen molar-refractivity contribution in [2.24, 2.45) is 50.2 Å². The van der Waals surface area contributed by atoms with Crippen LogP contribution in [0.15, 0.2) is 11.6 Å². The molecule has 0 aromatic carbocycles. The van der Waals surface area contributed by atoms with Crippen molar-refractivity contribution < 1.29 is 109 Å². The van der Waals surface area contributed by atoms with Crippen molar-refractivity contribution in [1.82, 2.24) is 0 Å². The predicted octanol–water partition coefficient (Wildman–Crippen LogP) is -0.830. The molecule has 4 heterocycles. The van der Waals surface area contributed by atoms with Crippen LogP contribution in [0.1, 0.15) is 113 Å². The second-order valence-electron chi connectivity index (χ2n) is 25.7. The monoisotopic (exact) mass is 1070 g/mol. The van der Waals surface area contributed by atoms with Crippen LogP contribution in [-0.4, -0.2) is 222 Å². The van der Waals surface area contributed by atoms with Gasteiger partial charge in [0.1, 0.15) is 85.5 Å². The highest BCUT2D eigenvalue weighted by molar-refractivity contribution is 5.76. The first kappa shape index (κ1) is 58.1. The van der Waals surface area contributed by atoms with Crippen molar-refractivity contribution >= 4 is 5.97 Å². The van der Waals surface area contributed by atoms with Crippen LogP contribution in [0.25, 0.3) is 0 Å². The molecule has 28 atom stereocenters. The Balaban J connectivity index is 0.893. The zero-order valence-corrected chi connectivity index (χ0v) is 44.2. The maximum absolute atomic E-state index is 13.2. The quantitative estimate of drug-likeness (QED) is 0.0838. The molecule has 0 spiro atoms. The standard InChI is InChI=1S/C53H86O22/c1-23-32(58)35(61)42(75-43-37(63)33(59)26(57)21-68-43)46(69-23)74-41-34(60)27(19-54)70-45(39(41)65)73-40-28(20-55)71-44(38(64)36(40)62)72-31-11-12-49(4)29(50(31,5)22-56)10-13-52(7)30(49)9-8-24-25-18-48(2,3)14-16-53(25,47(66)67)17-15-51(24,52)6/h8,23,25-46,54-65H,9-22H2,1-7H3,(H,66,67)/t23-,25-,26-,27+,28+,29+,30+,31-,32-,33-,34+,35+,36+,37+,38+,39+,40+,41-,42+,43-,44?,45?,46-,49-,50-,51+,52+,53-/m0/s1. The van der Waals surface area contributed by atoms with E-state index in [1.165, 1.54) is 12.5 Å². The van der Waals surface area contributed by atoms with E-state index in [-0.39, 0.29) is 46.0 Å². The molecule has 4 saturated carbocycles. The van der Waals surface area contributed by atoms with Gasteiger partial charge in [-0.05, 0) is 111 Å². The molecular formula is C53H86O22. The Labute approximate surface area is 437 Å². The van der Waals surface area contributed by atoms with Gasteiger partial charge in [-0.25, -0.2) is 0 Å². The molecule has 13 N–H and O–H groups in total. The zero-order chi connectivity index (χ0) is 54.7. The van der Waals surface area contributed by atoms with E-state index in [1.807, 2.05) is 6.92 Å². The van der Waals surface area contributed by atoms with Gasteiger partial charge in [0.15, 0.2) is 25.2 Å². The van der Waals surface area contributed by atoms with Crippen molar-refractivity contribution in [1.29, 1.82) is 0 Å². The van der Waals surface area contributed by atoms with Gasteiger partial charge >= 0.3 is 5.97 Å². The van der Waals surface area contributed by atoms with Gasteiger partial charge in [-0.15, -0.1) is 0 Å². The van der Waals surface area contributed by atoms with E-state index in [2.05, 4.69) is 40.7 Å². The average molecular weight is 1080 g/mol. The number of carboxylic acid groups (broad SMARTS) is 1. The fraction of sp³-hybridized carbons (Fsp3) is 0.943. The van der Waals surface area contributed by atoms with Gasteiger partial charge in [0, 0.05) is 5.41 Å². The summed E-state index contributed by atoms with van der Waals surface area (Å²) >= 11 is 0. The van der Waals surface area contributed by atoms with E-state index in [1.54, 1.807) is 0 Å². The first-order valence-electron chi connectivity index (χ1n) is 27.3. The highest BCUT2D eigenvalue weighted by Gasteiger charge is 2.70. The molecular weight excluding hydrogens is 989 g/mol. The van der Waals surface area contributed by atoms with E-state index >= 15 is 0 Å². The first-order chi connectivity index (χ1) is 35.2. The lowest BCUT2D eigenvalue weighted by Gasteiger charge is -2.71. The number of carboxylic acids is 1. The Morgan fingerprint density at radius 1 is 0.613 bits per heavy atom. The molecule has 0 bridgehead atoms. The number of allylic oxidation sites excluding steroid dienone is 2. The van der Waals surface area contributed by atoms with Gasteiger partial charge in [-0.2, -0.15) is 0 Å². The minimum Gasteiger partial charge on any atom is -0.481 e. The SMILES string of the molecule is C[C@@H]1O[C@@H](O[C@H]2[C@H](O)[C@@H](CO)OC(O[C@H]3[C@H](O)[C@@H](O)C(O[C@H]4CC[C@@]5(C)[C@@H](CC[C@]6(C)[C@@H]5CC=C5[C@@H]7CC(C)(C)CC[C@]7(C(=O)O)CC[C@]56C)[C@]4(C)CO)O[C@@H]3CO)[C@@H]2O)[C@H](O[C@@H]2OC[C@H](O)[C@H](O)[C@H]2O)[C@H](O)[C@H]1O. The van der Waals surface area contributed by atoms with E-state index in [9.17, 15) is 71.2 Å². The van der Waals surface area contributed by atoms with Gasteiger partial charge in [-0.3, -0.25) is 4.79 Å². The second kappa shape index (κ2) is 21.1. The molecule has 0 aromatic heterocycles. The molecule has 430 valence electrons. The number of fused-ring (bicyclic) bond motifs is 7. The fourth-order valence-electron chi connectivity index (χ4n) is 16.3. The summed E-state index contributed by atoms with van der Waals surface area (Å²) in [6, 6.07) is 0. The topological polar surface area (TPSA) is 354 Å². The van der Waals surface area contributed by atoms with Crippen LogP contribution in [-0.2, 0) is 42.7 Å². The number of hydrogen-bond donors (Lipinski definition) is 13. The van der Waals surface area contributed by atoms with Gasteiger partial charge in [0.2, 0.25) is 0 Å². The summed E-state index contributed by atoms with van der Waals surface area (Å²) in [4.78, 5) is 13.2. The maximum atomic E-state index is 13.2. The smallest absolute Gasteiger partial charge is 0.310 e. The minimum absolute atomic E-state index is 0.0317. The van der Waals surface area contributed by atoms with Crippen LogP contribution in [0.5, 0.6) is 0 Å². The normalized spacial score (nSPS) is 54.9. The van der Waals surface area contributed by atoms with E-state index in [4.69, 9.17) is 37.9 Å². The molecule has 75 heavy (non-hydrogen) atoms. The highest BCUT2D eigenvalue weighted by Crippen LogP contribution is 2.76. The molecule has 22 nitrogen and oxygen atoms in total. The lowest BCUT2D eigenvalue weighted by Crippen LogP contribution is -2.68. The Kier molecular flexibility index (Phi) is 16.3. The predicted molar refractivity (Wildman–Crippen MR) is 257 cm³/mol. The summed E-state index contributed by atoms with van der Waals surface area (Å²) in [5, 5.41) is 142. The molecule has 0 radical (unpaired) electrons. The molecule has 8 fully saturated rings. The number of aliphatic hydroxyl groups excluding tert-OH is 12. The second-order valence-corrected chi connectivity index (χ2v) is 25.7. The summed E-state index contributed by atoms with van der Waals surface area (Å²) in [7, 11) is 0. The Hall–Kier alpha value is -1.59. The number of ether oxygens (including phenoxy) is 8. The van der Waals surface area contributed by atoms with Gasteiger partial charge < -0.3 is 104 Å². The van der Waals surface area contributed by atoms with Gasteiger partial charge in [0.25, 0.3) is 0 Å². The van der Waals surface area contributed by atoms with Crippen LogP contribution in [0.4, 0.5) is 0 Å². The Morgan fingerprint density at radius 3 is 1.89 bits per heavy atom. The number of hydrogen-bond acceptors (Lipinski definition) is 21. The van der Waals surface area contributed by atoms with Gasteiger partial charge in [-0.1, -0.05) is 53.2 Å². The lowest BCUT2D eigenvalue weighted by atomic mass is 9.33. The third-order valence-corrected chi connectivity index (χ3v) is 21.2. The molecule has 4 saturated heterocycles. The van der Waals surface area contributed by atoms with E-state index in [0.717, 1.165) is 38.5 Å². The molecule has 0 aromatic rings. The van der Waals surface area contributed by atoms with E-state index in [0.29, 0.717) is 25.7 Å². The Bertz CT molecular complexity index is 2060. The molecule has 2 unspecified atom stereocenters. The first-order valence-corrected chi connectivity index (χ1v) is 27.3. The lowest BCUT2D eigenvalue weighted by molar-refractivity contribution is -0.393. The van der Waals surface area contributed by atoms with Crippen LogP contribution in [0.2, 0.25) is 0 Å². The van der Waals surface area contributed by atoms with Crippen molar-refractivity contribution in [2.75, 3.05) is 26.4 Å². The maximum Gasteiger partial charge on any atom is 0.310 e. The average Bonchev–Trinajstić information content (AvgIpc) is 3.38. The molecule has 4 aliphatic heterocycles. The summed E-state index contributed by atoms with van der Waals surface area (Å²) < 4.78 is 47.5. The molecule has 9 rings (SSSR count).